The van der Waals surface area contributed by atoms with Crippen LogP contribution in [0.2, 0.25) is 0 Å². The molecule has 0 bridgehead atoms. The third-order valence-electron chi connectivity index (χ3n) is 4.47. The third-order valence-corrected chi connectivity index (χ3v) is 6.33. The normalized spacial score (nSPS) is 23.5. The van der Waals surface area contributed by atoms with E-state index in [0.29, 0.717) is 18.0 Å². The highest BCUT2D eigenvalue weighted by molar-refractivity contribution is 7.89. The summed E-state index contributed by atoms with van der Waals surface area (Å²) in [5, 5.41) is 7.15. The van der Waals surface area contributed by atoms with E-state index < -0.39 is 10.0 Å². The Morgan fingerprint density at radius 3 is 2.64 bits per heavy atom. The molecule has 0 spiro atoms. The Hall–Kier alpha value is -1.66. The van der Waals surface area contributed by atoms with Crippen LogP contribution in [0, 0.1) is 6.92 Å². The molecule has 1 saturated heterocycles. The van der Waals surface area contributed by atoms with E-state index in [9.17, 15) is 8.42 Å². The fraction of sp³-hybridized carbons (Fsp3) is 0.438. The molecule has 0 saturated carbocycles. The van der Waals surface area contributed by atoms with Crippen molar-refractivity contribution in [3.63, 3.8) is 0 Å². The van der Waals surface area contributed by atoms with Gasteiger partial charge in [-0.25, -0.2) is 8.42 Å². The maximum absolute atomic E-state index is 12.8. The van der Waals surface area contributed by atoms with E-state index in [4.69, 9.17) is 0 Å². The highest BCUT2D eigenvalue weighted by Crippen LogP contribution is 2.36. The number of rotatable bonds is 3. The first-order chi connectivity index (χ1) is 10.4. The highest BCUT2D eigenvalue weighted by atomic mass is 32.2. The Morgan fingerprint density at radius 1 is 1.27 bits per heavy atom. The largest absolute Gasteiger partial charge is 0.282 e. The molecule has 1 aliphatic rings. The van der Waals surface area contributed by atoms with Crippen LogP contribution in [0.3, 0.4) is 0 Å². The van der Waals surface area contributed by atoms with E-state index >= 15 is 0 Å². The van der Waals surface area contributed by atoms with Crippen molar-refractivity contribution in [1.29, 1.82) is 0 Å². The second-order valence-corrected chi connectivity index (χ2v) is 8.18. The van der Waals surface area contributed by atoms with Crippen molar-refractivity contribution in [2.24, 2.45) is 0 Å². The zero-order valence-electron chi connectivity index (χ0n) is 12.9. The molecule has 1 atom stereocenters. The number of nitrogens with zero attached hydrogens (tertiary/aromatic N) is 2. The van der Waals surface area contributed by atoms with Gasteiger partial charge in [0.05, 0.1) is 11.1 Å². The average molecular weight is 319 g/mol. The van der Waals surface area contributed by atoms with E-state index in [2.05, 4.69) is 17.1 Å². The number of aromatic amines is 1. The van der Waals surface area contributed by atoms with Gasteiger partial charge in [0.2, 0.25) is 10.0 Å². The van der Waals surface area contributed by atoms with Crippen molar-refractivity contribution in [3.05, 3.63) is 47.8 Å². The summed E-state index contributed by atoms with van der Waals surface area (Å²) in [4.78, 5) is 0.362. The number of hydrogen-bond acceptors (Lipinski definition) is 3. The molecule has 22 heavy (non-hydrogen) atoms. The molecule has 1 aliphatic heterocycles. The summed E-state index contributed by atoms with van der Waals surface area (Å²) < 4.78 is 27.3. The second kappa shape index (κ2) is 5.52. The third kappa shape index (κ3) is 2.57. The molecule has 3 rings (SSSR count). The predicted molar refractivity (Wildman–Crippen MR) is 85.1 cm³/mol. The van der Waals surface area contributed by atoms with Crippen LogP contribution in [0.1, 0.15) is 31.0 Å². The van der Waals surface area contributed by atoms with Gasteiger partial charge in [-0.3, -0.25) is 5.10 Å². The quantitative estimate of drug-likeness (QED) is 0.945. The van der Waals surface area contributed by atoms with Crippen molar-refractivity contribution < 1.29 is 8.42 Å². The molecule has 0 amide bonds. The van der Waals surface area contributed by atoms with E-state index in [-0.39, 0.29) is 5.41 Å². The van der Waals surface area contributed by atoms with Crippen molar-refractivity contribution in [3.8, 4) is 0 Å². The van der Waals surface area contributed by atoms with E-state index in [1.807, 2.05) is 13.0 Å². The SMILES string of the molecule is Cc1cn[nH]c1[C@]1(C)CCCN(S(=O)(=O)c2ccccc2)C1. The Kier molecular flexibility index (Phi) is 3.82. The number of benzene rings is 1. The lowest BCUT2D eigenvalue weighted by Gasteiger charge is -2.39. The number of hydrogen-bond donors (Lipinski definition) is 1. The molecule has 5 nitrogen and oxygen atoms in total. The summed E-state index contributed by atoms with van der Waals surface area (Å²) in [6.45, 7) is 5.17. The molecule has 1 N–H and O–H groups in total. The first kappa shape index (κ1) is 15.2. The lowest BCUT2D eigenvalue weighted by molar-refractivity contribution is 0.235. The number of aryl methyl sites for hydroxylation is 1. The summed E-state index contributed by atoms with van der Waals surface area (Å²) in [5.41, 5.74) is 1.91. The Morgan fingerprint density at radius 2 is 2.00 bits per heavy atom. The first-order valence-corrected chi connectivity index (χ1v) is 8.93. The maximum atomic E-state index is 12.8. The number of nitrogens with one attached hydrogen (secondary N) is 1. The summed E-state index contributed by atoms with van der Waals surface area (Å²) in [5.74, 6) is 0. The van der Waals surface area contributed by atoms with Crippen molar-refractivity contribution >= 4 is 10.0 Å². The fourth-order valence-corrected chi connectivity index (χ4v) is 4.92. The molecule has 2 heterocycles. The van der Waals surface area contributed by atoms with Crippen LogP contribution in [-0.4, -0.2) is 36.0 Å². The monoisotopic (exact) mass is 319 g/mol. The van der Waals surface area contributed by atoms with Gasteiger partial charge in [-0.05, 0) is 37.5 Å². The molecule has 0 radical (unpaired) electrons. The first-order valence-electron chi connectivity index (χ1n) is 7.49. The Balaban J connectivity index is 1.92. The second-order valence-electron chi connectivity index (χ2n) is 6.24. The van der Waals surface area contributed by atoms with Crippen molar-refractivity contribution in [1.82, 2.24) is 14.5 Å². The summed E-state index contributed by atoms with van der Waals surface area (Å²) >= 11 is 0. The topological polar surface area (TPSA) is 66.1 Å². The zero-order chi connectivity index (χ0) is 15.8. The smallest absolute Gasteiger partial charge is 0.243 e. The number of sulfonamides is 1. The fourth-order valence-electron chi connectivity index (χ4n) is 3.30. The summed E-state index contributed by atoms with van der Waals surface area (Å²) in [7, 11) is -3.44. The van der Waals surface area contributed by atoms with E-state index in [0.717, 1.165) is 24.1 Å². The van der Waals surface area contributed by atoms with Gasteiger partial charge in [-0.2, -0.15) is 9.40 Å². The van der Waals surface area contributed by atoms with Crippen LogP contribution in [-0.2, 0) is 15.4 Å². The van der Waals surface area contributed by atoms with Gasteiger partial charge in [0.1, 0.15) is 0 Å². The number of piperidine rings is 1. The molecule has 0 unspecified atom stereocenters. The van der Waals surface area contributed by atoms with Crippen LogP contribution < -0.4 is 0 Å². The molecular formula is C16H21N3O2S. The van der Waals surface area contributed by atoms with Gasteiger partial charge >= 0.3 is 0 Å². The van der Waals surface area contributed by atoms with Crippen molar-refractivity contribution in [2.75, 3.05) is 13.1 Å². The van der Waals surface area contributed by atoms with E-state index in [1.54, 1.807) is 34.8 Å². The molecule has 1 aromatic carbocycles. The van der Waals surface area contributed by atoms with Crippen LogP contribution in [0.5, 0.6) is 0 Å². The zero-order valence-corrected chi connectivity index (χ0v) is 13.7. The molecule has 118 valence electrons. The van der Waals surface area contributed by atoms with Gasteiger partial charge in [0, 0.05) is 24.2 Å². The van der Waals surface area contributed by atoms with Crippen molar-refractivity contribution in [2.45, 2.75) is 37.0 Å². The van der Waals surface area contributed by atoms with Gasteiger partial charge in [0.15, 0.2) is 0 Å². The molecule has 1 aromatic heterocycles. The van der Waals surface area contributed by atoms with Crippen LogP contribution in [0.4, 0.5) is 0 Å². The minimum atomic E-state index is -3.44. The van der Waals surface area contributed by atoms with Gasteiger partial charge < -0.3 is 0 Å². The molecule has 2 aromatic rings. The average Bonchev–Trinajstić information content (AvgIpc) is 2.95. The molecule has 6 heteroatoms. The van der Waals surface area contributed by atoms with Gasteiger partial charge in [-0.1, -0.05) is 25.1 Å². The standard InChI is InChI=1S/C16H21N3O2S/c1-13-11-17-18-15(13)16(2)9-6-10-19(12-16)22(20,21)14-7-4-3-5-8-14/h3-5,7-8,11H,6,9-10,12H2,1-2H3,(H,17,18)/t16-/m1/s1. The lowest BCUT2D eigenvalue weighted by atomic mass is 9.78. The summed E-state index contributed by atoms with van der Waals surface area (Å²) in [6, 6.07) is 8.66. The maximum Gasteiger partial charge on any atom is 0.243 e. The lowest BCUT2D eigenvalue weighted by Crippen LogP contribution is -2.47. The molecule has 1 fully saturated rings. The van der Waals surface area contributed by atoms with Gasteiger partial charge in [0.25, 0.3) is 0 Å². The molecular weight excluding hydrogens is 298 g/mol. The minimum Gasteiger partial charge on any atom is -0.282 e. The Bertz CT molecular complexity index is 755. The Labute approximate surface area is 131 Å². The number of aromatic nitrogens is 2. The minimum absolute atomic E-state index is 0.222. The summed E-state index contributed by atoms with van der Waals surface area (Å²) in [6.07, 6.45) is 3.60. The van der Waals surface area contributed by atoms with Crippen LogP contribution in [0.15, 0.2) is 41.4 Å². The van der Waals surface area contributed by atoms with Crippen LogP contribution in [0.25, 0.3) is 0 Å². The number of H-pyrrole nitrogens is 1. The molecule has 0 aliphatic carbocycles. The highest BCUT2D eigenvalue weighted by Gasteiger charge is 2.39. The van der Waals surface area contributed by atoms with Crippen LogP contribution >= 0.6 is 0 Å². The van der Waals surface area contributed by atoms with E-state index in [1.165, 1.54) is 0 Å². The predicted octanol–water partition coefficient (Wildman–Crippen LogP) is 2.46. The van der Waals surface area contributed by atoms with Gasteiger partial charge in [-0.15, -0.1) is 0 Å².